The Balaban J connectivity index is 1.43. The maximum atomic E-state index is 13.2. The van der Waals surface area contributed by atoms with E-state index in [9.17, 15) is 18.0 Å². The molecule has 176 valence electrons. The second kappa shape index (κ2) is 10.1. The van der Waals surface area contributed by atoms with E-state index >= 15 is 0 Å². The third-order valence-corrected chi connectivity index (χ3v) is 7.29. The Hall–Kier alpha value is -3.69. The topological polar surface area (TPSA) is 116 Å². The van der Waals surface area contributed by atoms with Gasteiger partial charge in [-0.1, -0.05) is 42.5 Å². The van der Waals surface area contributed by atoms with E-state index < -0.39 is 21.9 Å². The largest absolute Gasteiger partial charge is 0.484 e. The van der Waals surface area contributed by atoms with Gasteiger partial charge in [0.1, 0.15) is 12.4 Å². The fourth-order valence-corrected chi connectivity index (χ4v) is 5.18. The Kier molecular flexibility index (Phi) is 6.95. The standard InChI is InChI=1S/C25H24N2O6S/c26-24(28)17-32-22-9-3-5-18(13-22)16-33-25(29)20-8-4-10-23(14-20)34(30,31)27-12-11-19-6-1-2-7-21(19)15-27/h1-10,13-14H,11-12,15-17H2,(H2,26,28). The van der Waals surface area contributed by atoms with E-state index in [2.05, 4.69) is 0 Å². The highest BCUT2D eigenvalue weighted by Gasteiger charge is 2.28. The van der Waals surface area contributed by atoms with Crippen LogP contribution in [0, 0.1) is 0 Å². The summed E-state index contributed by atoms with van der Waals surface area (Å²) in [6.07, 6.45) is 0.638. The predicted octanol–water partition coefficient (Wildman–Crippen LogP) is 2.65. The SMILES string of the molecule is NC(=O)COc1cccc(COC(=O)c2cccc(S(=O)(=O)N3CCc4ccccc4C3)c2)c1. The molecule has 1 amide bonds. The van der Waals surface area contributed by atoms with E-state index in [0.717, 1.165) is 11.1 Å². The molecule has 1 aliphatic heterocycles. The zero-order valence-electron chi connectivity index (χ0n) is 18.3. The second-order valence-electron chi connectivity index (χ2n) is 7.86. The Morgan fingerprint density at radius 1 is 0.941 bits per heavy atom. The molecule has 0 radical (unpaired) electrons. The Morgan fingerprint density at radius 2 is 1.71 bits per heavy atom. The zero-order chi connectivity index (χ0) is 24.1. The van der Waals surface area contributed by atoms with Crippen LogP contribution >= 0.6 is 0 Å². The van der Waals surface area contributed by atoms with Gasteiger partial charge in [-0.15, -0.1) is 0 Å². The van der Waals surface area contributed by atoms with Crippen LogP contribution in [0.15, 0.2) is 77.7 Å². The molecule has 0 atom stereocenters. The smallest absolute Gasteiger partial charge is 0.338 e. The number of carbonyl (C=O) groups is 2. The summed E-state index contributed by atoms with van der Waals surface area (Å²) in [6.45, 7) is 0.364. The van der Waals surface area contributed by atoms with Crippen LogP contribution in [0.4, 0.5) is 0 Å². The van der Waals surface area contributed by atoms with Crippen LogP contribution in [0.1, 0.15) is 27.0 Å². The van der Waals surface area contributed by atoms with Gasteiger partial charge in [-0.3, -0.25) is 4.79 Å². The first-order chi connectivity index (χ1) is 16.3. The van der Waals surface area contributed by atoms with Gasteiger partial charge >= 0.3 is 5.97 Å². The zero-order valence-corrected chi connectivity index (χ0v) is 19.2. The molecule has 0 fully saturated rings. The average molecular weight is 481 g/mol. The van der Waals surface area contributed by atoms with Crippen molar-refractivity contribution in [2.75, 3.05) is 13.2 Å². The number of sulfonamides is 1. The highest BCUT2D eigenvalue weighted by molar-refractivity contribution is 7.89. The van der Waals surface area contributed by atoms with Crippen molar-refractivity contribution >= 4 is 21.9 Å². The number of hydrogen-bond donors (Lipinski definition) is 1. The van der Waals surface area contributed by atoms with Crippen molar-refractivity contribution in [2.24, 2.45) is 5.73 Å². The normalized spacial score (nSPS) is 13.6. The number of carbonyl (C=O) groups excluding carboxylic acids is 2. The predicted molar refractivity (Wildman–Crippen MR) is 124 cm³/mol. The summed E-state index contributed by atoms with van der Waals surface area (Å²) in [5.41, 5.74) is 7.99. The van der Waals surface area contributed by atoms with Crippen molar-refractivity contribution in [1.29, 1.82) is 0 Å². The van der Waals surface area contributed by atoms with Gasteiger partial charge in [-0.05, 0) is 53.4 Å². The van der Waals surface area contributed by atoms with Crippen LogP contribution in [0.3, 0.4) is 0 Å². The summed E-state index contributed by atoms with van der Waals surface area (Å²) in [6, 6.07) is 20.4. The molecule has 3 aromatic rings. The molecule has 0 aliphatic carbocycles. The maximum Gasteiger partial charge on any atom is 0.338 e. The maximum absolute atomic E-state index is 13.2. The number of ether oxygens (including phenoxy) is 2. The number of nitrogens with zero attached hydrogens (tertiary/aromatic N) is 1. The molecule has 4 rings (SSSR count). The fraction of sp³-hybridized carbons (Fsp3) is 0.200. The van der Waals surface area contributed by atoms with E-state index in [0.29, 0.717) is 30.8 Å². The van der Waals surface area contributed by atoms with Crippen molar-refractivity contribution in [1.82, 2.24) is 4.31 Å². The molecule has 0 bridgehead atoms. The molecule has 8 nitrogen and oxygen atoms in total. The van der Waals surface area contributed by atoms with Gasteiger partial charge in [-0.25, -0.2) is 13.2 Å². The molecular formula is C25H24N2O6S. The van der Waals surface area contributed by atoms with Crippen molar-refractivity contribution < 1.29 is 27.5 Å². The molecule has 9 heteroatoms. The van der Waals surface area contributed by atoms with Gasteiger partial charge in [0, 0.05) is 13.1 Å². The van der Waals surface area contributed by atoms with E-state index in [1.54, 1.807) is 24.3 Å². The molecule has 0 saturated heterocycles. The molecule has 34 heavy (non-hydrogen) atoms. The number of benzene rings is 3. The monoisotopic (exact) mass is 480 g/mol. The first-order valence-electron chi connectivity index (χ1n) is 10.7. The van der Waals surface area contributed by atoms with Crippen molar-refractivity contribution in [3.8, 4) is 5.75 Å². The summed E-state index contributed by atoms with van der Waals surface area (Å²) in [4.78, 5) is 23.5. The van der Waals surface area contributed by atoms with Gasteiger partial charge in [0.15, 0.2) is 6.61 Å². The highest BCUT2D eigenvalue weighted by Crippen LogP contribution is 2.25. The first-order valence-corrected chi connectivity index (χ1v) is 12.1. The number of esters is 1. The lowest BCUT2D eigenvalue weighted by Gasteiger charge is -2.28. The van der Waals surface area contributed by atoms with Crippen molar-refractivity contribution in [3.63, 3.8) is 0 Å². The lowest BCUT2D eigenvalue weighted by Crippen LogP contribution is -2.36. The first kappa shape index (κ1) is 23.5. The number of hydrogen-bond acceptors (Lipinski definition) is 6. The number of rotatable bonds is 8. The van der Waals surface area contributed by atoms with Crippen LogP contribution in [-0.4, -0.2) is 37.8 Å². The van der Waals surface area contributed by atoms with E-state index in [-0.39, 0.29) is 23.7 Å². The minimum absolute atomic E-state index is 0.0446. The quantitative estimate of drug-likeness (QED) is 0.496. The fourth-order valence-electron chi connectivity index (χ4n) is 3.72. The van der Waals surface area contributed by atoms with E-state index in [1.807, 2.05) is 24.3 Å². The van der Waals surface area contributed by atoms with E-state index in [1.165, 1.54) is 28.6 Å². The lowest BCUT2D eigenvalue weighted by atomic mass is 10.0. The molecule has 3 aromatic carbocycles. The van der Waals surface area contributed by atoms with Crippen LogP contribution < -0.4 is 10.5 Å². The summed E-state index contributed by atoms with van der Waals surface area (Å²) < 4.78 is 38.5. The minimum atomic E-state index is -3.78. The van der Waals surface area contributed by atoms with Gasteiger partial charge in [0.25, 0.3) is 5.91 Å². The lowest BCUT2D eigenvalue weighted by molar-refractivity contribution is -0.119. The highest BCUT2D eigenvalue weighted by atomic mass is 32.2. The molecule has 0 spiro atoms. The molecule has 0 aromatic heterocycles. The molecule has 1 heterocycles. The van der Waals surface area contributed by atoms with Crippen LogP contribution in [0.5, 0.6) is 5.75 Å². The van der Waals surface area contributed by atoms with Crippen LogP contribution in [-0.2, 0) is 39.1 Å². The van der Waals surface area contributed by atoms with Crippen molar-refractivity contribution in [3.05, 3.63) is 95.1 Å². The Labute approximate surface area is 198 Å². The van der Waals surface area contributed by atoms with Crippen LogP contribution in [0.25, 0.3) is 0 Å². The molecular weight excluding hydrogens is 456 g/mol. The van der Waals surface area contributed by atoms with Gasteiger partial charge in [0.2, 0.25) is 10.0 Å². The minimum Gasteiger partial charge on any atom is -0.484 e. The molecule has 2 N–H and O–H groups in total. The van der Waals surface area contributed by atoms with Crippen molar-refractivity contribution in [2.45, 2.75) is 24.5 Å². The summed E-state index contributed by atoms with van der Waals surface area (Å²) >= 11 is 0. The summed E-state index contributed by atoms with van der Waals surface area (Å²) in [5.74, 6) is -0.825. The summed E-state index contributed by atoms with van der Waals surface area (Å²) in [5, 5.41) is 0. The number of amides is 1. The molecule has 0 saturated carbocycles. The third-order valence-electron chi connectivity index (χ3n) is 5.45. The summed E-state index contributed by atoms with van der Waals surface area (Å²) in [7, 11) is -3.78. The number of fused-ring (bicyclic) bond motifs is 1. The van der Waals surface area contributed by atoms with E-state index in [4.69, 9.17) is 15.2 Å². The molecule has 1 aliphatic rings. The number of primary amides is 1. The second-order valence-corrected chi connectivity index (χ2v) is 9.80. The Morgan fingerprint density at radius 3 is 2.50 bits per heavy atom. The van der Waals surface area contributed by atoms with Crippen LogP contribution in [0.2, 0.25) is 0 Å². The number of nitrogens with two attached hydrogens (primary N) is 1. The van der Waals surface area contributed by atoms with Gasteiger partial charge in [-0.2, -0.15) is 4.31 Å². The third kappa shape index (κ3) is 5.44. The van der Waals surface area contributed by atoms with Gasteiger partial charge in [0.05, 0.1) is 10.5 Å². The molecule has 0 unspecified atom stereocenters. The average Bonchev–Trinajstić information content (AvgIpc) is 2.86. The Bertz CT molecular complexity index is 1320. The van der Waals surface area contributed by atoms with Gasteiger partial charge < -0.3 is 15.2 Å².